The lowest BCUT2D eigenvalue weighted by molar-refractivity contribution is 0.296. The third-order valence-electron chi connectivity index (χ3n) is 4.72. The fraction of sp³-hybridized carbons (Fsp3) is 0.333. The summed E-state index contributed by atoms with van der Waals surface area (Å²) in [7, 11) is 7.05. The van der Waals surface area contributed by atoms with E-state index in [2.05, 4.69) is 39.3 Å². The van der Waals surface area contributed by atoms with Crippen molar-refractivity contribution in [1.82, 2.24) is 9.97 Å². The second-order valence-electron chi connectivity index (χ2n) is 7.44. The lowest BCUT2D eigenvalue weighted by Crippen LogP contribution is -2.12. The van der Waals surface area contributed by atoms with E-state index < -0.39 is 0 Å². The van der Waals surface area contributed by atoms with Gasteiger partial charge in [-0.05, 0) is 30.2 Å². The van der Waals surface area contributed by atoms with Crippen molar-refractivity contribution in [2.24, 2.45) is 10.2 Å². The summed E-state index contributed by atoms with van der Waals surface area (Å²) in [6.07, 6.45) is 0.667. The Hall–Kier alpha value is -3.68. The summed E-state index contributed by atoms with van der Waals surface area (Å²) in [6.45, 7) is 2.95. The number of hydrogen-bond acceptors (Lipinski definition) is 8. The first-order valence-electron chi connectivity index (χ1n) is 10.3. The van der Waals surface area contributed by atoms with Gasteiger partial charge in [0.2, 0.25) is 0 Å². The summed E-state index contributed by atoms with van der Waals surface area (Å²) in [5, 5.41) is 8.57. The Bertz CT molecular complexity index is 1070. The fourth-order valence-corrected chi connectivity index (χ4v) is 3.04. The summed E-state index contributed by atoms with van der Waals surface area (Å²) in [5.74, 6) is 2.54. The SMILES string of the molecule is COc1ccc(CCOc2nc(N=NCc3cccc(C)c3)cc(N(C)C)n2)cc1OC. The number of hydrogen-bond donors (Lipinski definition) is 0. The molecule has 0 saturated heterocycles. The van der Waals surface area contributed by atoms with Gasteiger partial charge in [-0.1, -0.05) is 35.9 Å². The van der Waals surface area contributed by atoms with Gasteiger partial charge < -0.3 is 19.1 Å². The van der Waals surface area contributed by atoms with Crippen LogP contribution in [0.1, 0.15) is 16.7 Å². The number of aryl methyl sites for hydroxylation is 1. The van der Waals surface area contributed by atoms with Crippen molar-refractivity contribution in [3.05, 3.63) is 65.2 Å². The maximum Gasteiger partial charge on any atom is 0.320 e. The summed E-state index contributed by atoms with van der Waals surface area (Å²) in [5.41, 5.74) is 3.35. The molecule has 2 aromatic carbocycles. The summed E-state index contributed by atoms with van der Waals surface area (Å²) >= 11 is 0. The lowest BCUT2D eigenvalue weighted by Gasteiger charge is -2.13. The van der Waals surface area contributed by atoms with Gasteiger partial charge >= 0.3 is 6.01 Å². The maximum atomic E-state index is 5.83. The zero-order valence-corrected chi connectivity index (χ0v) is 19.2. The molecule has 32 heavy (non-hydrogen) atoms. The number of benzene rings is 2. The third kappa shape index (κ3) is 6.41. The van der Waals surface area contributed by atoms with Crippen LogP contribution in [0.4, 0.5) is 11.6 Å². The monoisotopic (exact) mass is 435 g/mol. The molecule has 0 amide bonds. The minimum atomic E-state index is 0.265. The largest absolute Gasteiger partial charge is 0.493 e. The minimum Gasteiger partial charge on any atom is -0.493 e. The molecule has 0 radical (unpaired) electrons. The highest BCUT2D eigenvalue weighted by Crippen LogP contribution is 2.28. The van der Waals surface area contributed by atoms with Gasteiger partial charge in [0.15, 0.2) is 17.3 Å². The van der Waals surface area contributed by atoms with E-state index in [1.807, 2.05) is 49.3 Å². The predicted octanol–water partition coefficient (Wildman–Crippen LogP) is 4.77. The van der Waals surface area contributed by atoms with Gasteiger partial charge in [0, 0.05) is 26.6 Å². The van der Waals surface area contributed by atoms with Crippen molar-refractivity contribution in [2.45, 2.75) is 19.9 Å². The van der Waals surface area contributed by atoms with Crippen LogP contribution in [-0.4, -0.2) is 44.9 Å². The van der Waals surface area contributed by atoms with Crippen molar-refractivity contribution in [3.8, 4) is 17.5 Å². The fourth-order valence-electron chi connectivity index (χ4n) is 3.04. The van der Waals surface area contributed by atoms with E-state index in [1.165, 1.54) is 5.56 Å². The summed E-state index contributed by atoms with van der Waals surface area (Å²) in [6, 6.07) is 16.0. The molecule has 1 aromatic heterocycles. The van der Waals surface area contributed by atoms with Crippen molar-refractivity contribution in [1.29, 1.82) is 0 Å². The van der Waals surface area contributed by atoms with Gasteiger partial charge in [-0.15, -0.1) is 5.11 Å². The standard InChI is InChI=1S/C24H29N5O3/c1-17-7-6-8-19(13-17)16-25-28-22-15-23(29(2)3)27-24(26-22)32-12-11-18-9-10-20(30-4)21(14-18)31-5/h6-10,13-15H,11-12,16H2,1-5H3. The van der Waals surface area contributed by atoms with Crippen molar-refractivity contribution >= 4 is 11.6 Å². The number of methoxy groups -OCH3 is 2. The molecule has 0 saturated carbocycles. The minimum absolute atomic E-state index is 0.265. The van der Waals surface area contributed by atoms with Crippen LogP contribution in [0, 0.1) is 6.92 Å². The molecule has 0 spiro atoms. The first-order chi connectivity index (χ1) is 15.5. The van der Waals surface area contributed by atoms with Gasteiger partial charge in [-0.2, -0.15) is 15.1 Å². The molecule has 3 aromatic rings. The van der Waals surface area contributed by atoms with Gasteiger partial charge in [0.05, 0.1) is 27.4 Å². The number of rotatable bonds is 10. The molecule has 0 aliphatic carbocycles. The molecule has 1 heterocycles. The van der Waals surface area contributed by atoms with E-state index in [1.54, 1.807) is 20.3 Å². The van der Waals surface area contributed by atoms with Gasteiger partial charge in [-0.25, -0.2) is 0 Å². The average molecular weight is 436 g/mol. The quantitative estimate of drug-likeness (QED) is 0.427. The molecule has 0 atom stereocenters. The van der Waals surface area contributed by atoms with E-state index in [0.29, 0.717) is 42.7 Å². The first kappa shape index (κ1) is 23.0. The van der Waals surface area contributed by atoms with Crippen molar-refractivity contribution in [3.63, 3.8) is 0 Å². The molecule has 3 rings (SSSR count). The Morgan fingerprint density at radius 2 is 1.72 bits per heavy atom. The highest BCUT2D eigenvalue weighted by Gasteiger charge is 2.09. The highest BCUT2D eigenvalue weighted by molar-refractivity contribution is 5.46. The molecule has 0 fully saturated rings. The number of ether oxygens (including phenoxy) is 3. The highest BCUT2D eigenvalue weighted by atomic mass is 16.5. The van der Waals surface area contributed by atoms with Gasteiger partial charge in [0.1, 0.15) is 5.82 Å². The van der Waals surface area contributed by atoms with Crippen LogP contribution in [0.25, 0.3) is 0 Å². The van der Waals surface area contributed by atoms with Crippen LogP contribution in [0.15, 0.2) is 58.8 Å². The van der Waals surface area contributed by atoms with Crippen LogP contribution in [-0.2, 0) is 13.0 Å². The summed E-state index contributed by atoms with van der Waals surface area (Å²) in [4.78, 5) is 10.7. The van der Waals surface area contributed by atoms with Crippen LogP contribution < -0.4 is 19.1 Å². The third-order valence-corrected chi connectivity index (χ3v) is 4.72. The smallest absolute Gasteiger partial charge is 0.320 e. The maximum absolute atomic E-state index is 5.83. The van der Waals surface area contributed by atoms with E-state index in [0.717, 1.165) is 11.1 Å². The van der Waals surface area contributed by atoms with Crippen molar-refractivity contribution in [2.75, 3.05) is 39.8 Å². The summed E-state index contributed by atoms with van der Waals surface area (Å²) < 4.78 is 16.5. The molecular formula is C24H29N5O3. The first-order valence-corrected chi connectivity index (χ1v) is 10.3. The number of aromatic nitrogens is 2. The molecule has 0 aliphatic heterocycles. The van der Waals surface area contributed by atoms with Gasteiger partial charge in [0.25, 0.3) is 0 Å². The zero-order valence-electron chi connectivity index (χ0n) is 19.2. The van der Waals surface area contributed by atoms with Crippen LogP contribution in [0.2, 0.25) is 0 Å². The zero-order chi connectivity index (χ0) is 22.9. The molecule has 0 unspecified atom stereocenters. The number of anilines is 1. The second-order valence-corrected chi connectivity index (χ2v) is 7.44. The molecule has 0 bridgehead atoms. The lowest BCUT2D eigenvalue weighted by atomic mass is 10.1. The van der Waals surface area contributed by atoms with Gasteiger partial charge in [-0.3, -0.25) is 0 Å². The average Bonchev–Trinajstić information content (AvgIpc) is 2.79. The Labute approximate surface area is 188 Å². The molecule has 168 valence electrons. The van der Waals surface area contributed by atoms with Crippen molar-refractivity contribution < 1.29 is 14.2 Å². The normalized spacial score (nSPS) is 10.9. The number of azo groups is 1. The van der Waals surface area contributed by atoms with Crippen LogP contribution in [0.3, 0.4) is 0 Å². The topological polar surface area (TPSA) is 81.4 Å². The molecule has 8 heteroatoms. The Morgan fingerprint density at radius 1 is 0.906 bits per heavy atom. The molecular weight excluding hydrogens is 406 g/mol. The van der Waals surface area contributed by atoms with E-state index in [9.17, 15) is 0 Å². The van der Waals surface area contributed by atoms with E-state index >= 15 is 0 Å². The Morgan fingerprint density at radius 3 is 2.44 bits per heavy atom. The number of nitrogens with zero attached hydrogens (tertiary/aromatic N) is 5. The predicted molar refractivity (Wildman–Crippen MR) is 125 cm³/mol. The Balaban J connectivity index is 1.67. The second kappa shape index (κ2) is 11.1. The molecule has 8 nitrogen and oxygen atoms in total. The van der Waals surface area contributed by atoms with Crippen LogP contribution in [0.5, 0.6) is 17.5 Å². The van der Waals surface area contributed by atoms with E-state index in [-0.39, 0.29) is 6.01 Å². The van der Waals surface area contributed by atoms with E-state index in [4.69, 9.17) is 14.2 Å². The Kier molecular flexibility index (Phi) is 7.96. The van der Waals surface area contributed by atoms with Crippen LogP contribution >= 0.6 is 0 Å². The molecule has 0 aliphatic rings. The molecule has 0 N–H and O–H groups in total.